The van der Waals surface area contributed by atoms with Crippen molar-refractivity contribution in [3.8, 4) is 0 Å². The minimum atomic E-state index is -0.191. The summed E-state index contributed by atoms with van der Waals surface area (Å²) in [5.74, 6) is 0.859. The van der Waals surface area contributed by atoms with E-state index in [1.807, 2.05) is 0 Å². The molecule has 1 saturated heterocycles. The second-order valence-corrected chi connectivity index (χ2v) is 5.34. The lowest BCUT2D eigenvalue weighted by molar-refractivity contribution is 0.225. The Morgan fingerprint density at radius 3 is 2.85 bits per heavy atom. The average Bonchev–Trinajstić information content (AvgIpc) is 2.78. The monoisotopic (exact) mass is 276 g/mol. The lowest BCUT2D eigenvalue weighted by atomic mass is 10.3. The predicted octanol–water partition coefficient (Wildman–Crippen LogP) is 1.99. The first-order valence-electron chi connectivity index (χ1n) is 7.35. The highest BCUT2D eigenvalue weighted by atomic mass is 19.1. The highest BCUT2D eigenvalue weighted by Gasteiger charge is 2.16. The molecule has 20 heavy (non-hydrogen) atoms. The lowest BCUT2D eigenvalue weighted by Gasteiger charge is -2.27. The van der Waals surface area contributed by atoms with Gasteiger partial charge in [0.15, 0.2) is 0 Å². The summed E-state index contributed by atoms with van der Waals surface area (Å²) in [7, 11) is 0. The van der Waals surface area contributed by atoms with E-state index in [4.69, 9.17) is 4.98 Å². The van der Waals surface area contributed by atoms with E-state index in [1.54, 1.807) is 12.1 Å². The van der Waals surface area contributed by atoms with E-state index in [2.05, 4.69) is 21.7 Å². The van der Waals surface area contributed by atoms with E-state index >= 15 is 0 Å². The van der Waals surface area contributed by atoms with Crippen molar-refractivity contribution in [2.75, 3.05) is 26.2 Å². The summed E-state index contributed by atoms with van der Waals surface area (Å²) in [5.41, 5.74) is 1.81. The van der Waals surface area contributed by atoms with Gasteiger partial charge in [0.05, 0.1) is 17.6 Å². The number of rotatable bonds is 4. The molecule has 5 heteroatoms. The maximum Gasteiger partial charge on any atom is 0.125 e. The quantitative estimate of drug-likeness (QED) is 0.927. The highest BCUT2D eigenvalue weighted by Crippen LogP contribution is 2.19. The lowest BCUT2D eigenvalue weighted by Crippen LogP contribution is -2.43. The molecule has 108 valence electrons. The van der Waals surface area contributed by atoms with Crippen molar-refractivity contribution >= 4 is 11.0 Å². The Hall–Kier alpha value is -1.46. The van der Waals surface area contributed by atoms with Gasteiger partial charge in [-0.3, -0.25) is 4.90 Å². The second kappa shape index (κ2) is 5.89. The molecule has 2 heterocycles. The molecule has 0 atom stereocenters. The fourth-order valence-electron chi connectivity index (χ4n) is 2.81. The van der Waals surface area contributed by atoms with Gasteiger partial charge in [-0.15, -0.1) is 0 Å². The van der Waals surface area contributed by atoms with Gasteiger partial charge in [-0.2, -0.15) is 0 Å². The van der Waals surface area contributed by atoms with Crippen LogP contribution in [0.15, 0.2) is 18.2 Å². The number of benzene rings is 1. The summed E-state index contributed by atoms with van der Waals surface area (Å²) in [5, 5.41) is 3.36. The van der Waals surface area contributed by atoms with Crippen molar-refractivity contribution in [3.05, 3.63) is 29.8 Å². The Morgan fingerprint density at radius 1 is 1.30 bits per heavy atom. The SMILES string of the molecule is CCCn1c(CN2CCNCC2)nc2ccc(F)cc21. The molecule has 1 aliphatic rings. The Bertz CT molecular complexity index is 587. The van der Waals surface area contributed by atoms with Crippen LogP contribution in [0, 0.1) is 5.82 Å². The van der Waals surface area contributed by atoms with Crippen LogP contribution < -0.4 is 5.32 Å². The van der Waals surface area contributed by atoms with Gasteiger partial charge in [-0.05, 0) is 24.6 Å². The molecule has 0 aliphatic carbocycles. The number of nitrogens with zero attached hydrogens (tertiary/aromatic N) is 3. The second-order valence-electron chi connectivity index (χ2n) is 5.34. The molecule has 3 rings (SSSR count). The average molecular weight is 276 g/mol. The zero-order valence-electron chi connectivity index (χ0n) is 11.9. The van der Waals surface area contributed by atoms with Crippen LogP contribution >= 0.6 is 0 Å². The Kier molecular flexibility index (Phi) is 3.98. The fourth-order valence-corrected chi connectivity index (χ4v) is 2.81. The summed E-state index contributed by atoms with van der Waals surface area (Å²) >= 11 is 0. The number of halogens is 1. The largest absolute Gasteiger partial charge is 0.327 e. The van der Waals surface area contributed by atoms with Crippen LogP contribution in [0.2, 0.25) is 0 Å². The highest BCUT2D eigenvalue weighted by molar-refractivity contribution is 5.76. The summed E-state index contributed by atoms with van der Waals surface area (Å²) in [4.78, 5) is 7.10. The van der Waals surface area contributed by atoms with E-state index in [0.717, 1.165) is 62.5 Å². The molecule has 0 bridgehead atoms. The zero-order chi connectivity index (χ0) is 13.9. The molecule has 0 saturated carbocycles. The van der Waals surface area contributed by atoms with E-state index in [1.165, 1.54) is 6.07 Å². The van der Waals surface area contributed by atoms with Crippen LogP contribution in [-0.2, 0) is 13.1 Å². The number of aryl methyl sites for hydroxylation is 1. The number of hydrogen-bond donors (Lipinski definition) is 1. The van der Waals surface area contributed by atoms with Crippen LogP contribution in [0.4, 0.5) is 4.39 Å². The van der Waals surface area contributed by atoms with Gasteiger partial charge in [-0.1, -0.05) is 6.92 Å². The number of nitrogens with one attached hydrogen (secondary N) is 1. The third-order valence-corrected chi connectivity index (χ3v) is 3.81. The normalized spacial score (nSPS) is 16.9. The fraction of sp³-hybridized carbons (Fsp3) is 0.533. The molecule has 1 aliphatic heterocycles. The van der Waals surface area contributed by atoms with Gasteiger partial charge in [0.25, 0.3) is 0 Å². The molecule has 0 radical (unpaired) electrons. The van der Waals surface area contributed by atoms with Crippen molar-refractivity contribution < 1.29 is 4.39 Å². The zero-order valence-corrected chi connectivity index (χ0v) is 11.9. The van der Waals surface area contributed by atoms with Crippen LogP contribution in [0.3, 0.4) is 0 Å². The van der Waals surface area contributed by atoms with E-state index < -0.39 is 0 Å². The number of aromatic nitrogens is 2. The topological polar surface area (TPSA) is 33.1 Å². The first kappa shape index (κ1) is 13.5. The standard InChI is InChI=1S/C15H21FN4/c1-2-7-20-14-10-12(16)3-4-13(14)18-15(20)11-19-8-5-17-6-9-19/h3-4,10,17H,2,5-9,11H2,1H3. The molecule has 0 unspecified atom stereocenters. The van der Waals surface area contributed by atoms with Crippen molar-refractivity contribution in [1.29, 1.82) is 0 Å². The molecule has 2 aromatic rings. The van der Waals surface area contributed by atoms with E-state index in [-0.39, 0.29) is 5.82 Å². The summed E-state index contributed by atoms with van der Waals surface area (Å²) in [6.45, 7) is 8.03. The van der Waals surface area contributed by atoms with Gasteiger partial charge in [0.1, 0.15) is 11.6 Å². The molecule has 0 amide bonds. The molecule has 1 aromatic carbocycles. The molecule has 1 aromatic heterocycles. The molecular weight excluding hydrogens is 255 g/mol. The Morgan fingerprint density at radius 2 is 2.10 bits per heavy atom. The molecule has 1 fully saturated rings. The van der Waals surface area contributed by atoms with Crippen LogP contribution in [0.1, 0.15) is 19.2 Å². The Balaban J connectivity index is 1.93. The maximum atomic E-state index is 13.5. The maximum absolute atomic E-state index is 13.5. The van der Waals surface area contributed by atoms with Crippen LogP contribution in [0.25, 0.3) is 11.0 Å². The summed E-state index contributed by atoms with van der Waals surface area (Å²) in [6, 6.07) is 4.86. The molecule has 1 N–H and O–H groups in total. The van der Waals surface area contributed by atoms with Gasteiger partial charge < -0.3 is 9.88 Å². The van der Waals surface area contributed by atoms with E-state index in [9.17, 15) is 4.39 Å². The van der Waals surface area contributed by atoms with Gasteiger partial charge in [0.2, 0.25) is 0 Å². The summed E-state index contributed by atoms with van der Waals surface area (Å²) < 4.78 is 15.6. The number of piperazine rings is 1. The van der Waals surface area contributed by atoms with E-state index in [0.29, 0.717) is 0 Å². The van der Waals surface area contributed by atoms with Crippen molar-refractivity contribution in [2.24, 2.45) is 0 Å². The first-order chi connectivity index (χ1) is 9.78. The van der Waals surface area contributed by atoms with Gasteiger partial charge in [0, 0.05) is 32.7 Å². The molecule has 4 nitrogen and oxygen atoms in total. The van der Waals surface area contributed by atoms with Crippen LogP contribution in [-0.4, -0.2) is 40.6 Å². The van der Waals surface area contributed by atoms with Crippen molar-refractivity contribution in [1.82, 2.24) is 19.8 Å². The third kappa shape index (κ3) is 2.69. The van der Waals surface area contributed by atoms with Crippen molar-refractivity contribution in [3.63, 3.8) is 0 Å². The number of hydrogen-bond acceptors (Lipinski definition) is 3. The number of imidazole rings is 1. The molecular formula is C15H21FN4. The molecule has 0 spiro atoms. The van der Waals surface area contributed by atoms with Gasteiger partial charge >= 0.3 is 0 Å². The summed E-state index contributed by atoms with van der Waals surface area (Å²) in [6.07, 6.45) is 1.02. The predicted molar refractivity (Wildman–Crippen MR) is 78.1 cm³/mol. The number of fused-ring (bicyclic) bond motifs is 1. The van der Waals surface area contributed by atoms with Crippen molar-refractivity contribution in [2.45, 2.75) is 26.4 Å². The minimum absolute atomic E-state index is 0.191. The van der Waals surface area contributed by atoms with Gasteiger partial charge in [-0.25, -0.2) is 9.37 Å². The van der Waals surface area contributed by atoms with Crippen LogP contribution in [0.5, 0.6) is 0 Å². The Labute approximate surface area is 118 Å². The third-order valence-electron chi connectivity index (χ3n) is 3.81. The smallest absolute Gasteiger partial charge is 0.125 e. The first-order valence-corrected chi connectivity index (χ1v) is 7.35. The minimum Gasteiger partial charge on any atom is -0.327 e.